The van der Waals surface area contributed by atoms with Crippen molar-refractivity contribution in [1.82, 2.24) is 20.3 Å². The fraction of sp³-hybridized carbons (Fsp3) is 0.360. The number of benzene rings is 1. The van der Waals surface area contributed by atoms with Crippen molar-refractivity contribution >= 4 is 52.4 Å². The van der Waals surface area contributed by atoms with Gasteiger partial charge in [0.1, 0.15) is 11.6 Å². The van der Waals surface area contributed by atoms with Gasteiger partial charge in [-0.05, 0) is 30.7 Å². The summed E-state index contributed by atoms with van der Waals surface area (Å²) in [5.41, 5.74) is 2.49. The number of carbonyl (C=O) groups is 1. The molecule has 1 amide bonds. The summed E-state index contributed by atoms with van der Waals surface area (Å²) < 4.78 is 5.42. The molecule has 36 heavy (non-hydrogen) atoms. The first-order chi connectivity index (χ1) is 17.3. The monoisotopic (exact) mass is 529 g/mol. The second-order valence-electron chi connectivity index (χ2n) is 8.77. The van der Waals surface area contributed by atoms with Crippen molar-refractivity contribution in [2.45, 2.75) is 33.4 Å². The molecule has 1 aliphatic heterocycles. The standard InChI is InChI=1S/C25H29Cl2N7O2/c1-15(2)29-14-17-11-19(26)23(20(27)12-17)24(35)31-18-4-5-28-21(13-18)32-22-10-16(3)30-25(33-22)34-6-8-36-9-7-34/h4-5,10-13,15,29H,6-9,14H2,1-3H3,(H2,28,30,31,32,33,35). The molecule has 11 heteroatoms. The Morgan fingerprint density at radius 1 is 1.08 bits per heavy atom. The van der Waals surface area contributed by atoms with E-state index >= 15 is 0 Å². The maximum atomic E-state index is 13.0. The van der Waals surface area contributed by atoms with Crippen LogP contribution >= 0.6 is 23.2 Å². The highest BCUT2D eigenvalue weighted by atomic mass is 35.5. The van der Waals surface area contributed by atoms with Crippen LogP contribution in [0.15, 0.2) is 36.5 Å². The van der Waals surface area contributed by atoms with Crippen LogP contribution in [-0.2, 0) is 11.3 Å². The van der Waals surface area contributed by atoms with Gasteiger partial charge in [-0.1, -0.05) is 37.0 Å². The molecule has 0 radical (unpaired) electrons. The first-order valence-electron chi connectivity index (χ1n) is 11.7. The zero-order valence-corrected chi connectivity index (χ0v) is 22.0. The first kappa shape index (κ1) is 26.1. The third-order valence-electron chi connectivity index (χ3n) is 5.45. The summed E-state index contributed by atoms with van der Waals surface area (Å²) in [5.74, 6) is 1.36. The minimum atomic E-state index is -0.405. The fourth-order valence-corrected chi connectivity index (χ4v) is 4.39. The molecule has 0 spiro atoms. The molecule has 0 bridgehead atoms. The van der Waals surface area contributed by atoms with Crippen molar-refractivity contribution in [2.24, 2.45) is 0 Å². The number of aryl methyl sites for hydroxylation is 1. The van der Waals surface area contributed by atoms with E-state index in [1.54, 1.807) is 30.5 Å². The summed E-state index contributed by atoms with van der Waals surface area (Å²) in [6, 6.07) is 9.06. The number of aromatic nitrogens is 3. The van der Waals surface area contributed by atoms with E-state index in [0.717, 1.165) is 24.3 Å². The van der Waals surface area contributed by atoms with E-state index in [1.165, 1.54) is 0 Å². The van der Waals surface area contributed by atoms with Crippen molar-refractivity contribution < 1.29 is 9.53 Å². The van der Waals surface area contributed by atoms with Crippen molar-refractivity contribution in [1.29, 1.82) is 0 Å². The summed E-state index contributed by atoms with van der Waals surface area (Å²) in [6.07, 6.45) is 1.60. The third-order valence-corrected chi connectivity index (χ3v) is 6.05. The van der Waals surface area contributed by atoms with Gasteiger partial charge in [0.25, 0.3) is 5.91 Å². The number of rotatable bonds is 8. The lowest BCUT2D eigenvalue weighted by Crippen LogP contribution is -2.37. The van der Waals surface area contributed by atoms with Crippen LogP contribution in [-0.4, -0.2) is 53.2 Å². The number of amides is 1. The number of halogens is 2. The average Bonchev–Trinajstić information content (AvgIpc) is 2.83. The van der Waals surface area contributed by atoms with Crippen molar-refractivity contribution in [2.75, 3.05) is 41.8 Å². The number of anilines is 4. The number of carbonyl (C=O) groups excluding carboxylic acids is 1. The van der Waals surface area contributed by atoms with Crippen LogP contribution in [0.1, 0.15) is 35.5 Å². The smallest absolute Gasteiger partial charge is 0.258 e. The number of hydrogen-bond acceptors (Lipinski definition) is 8. The van der Waals surface area contributed by atoms with Crippen LogP contribution in [0.5, 0.6) is 0 Å². The lowest BCUT2D eigenvalue weighted by molar-refractivity contribution is 0.102. The minimum absolute atomic E-state index is 0.222. The molecule has 190 valence electrons. The van der Waals surface area contributed by atoms with E-state index in [4.69, 9.17) is 27.9 Å². The Balaban J connectivity index is 1.47. The second-order valence-corrected chi connectivity index (χ2v) is 9.59. The summed E-state index contributed by atoms with van der Waals surface area (Å²) in [7, 11) is 0. The van der Waals surface area contributed by atoms with E-state index < -0.39 is 5.91 Å². The molecule has 0 atom stereocenters. The predicted octanol–water partition coefficient (Wildman–Crippen LogP) is 4.82. The lowest BCUT2D eigenvalue weighted by Gasteiger charge is -2.27. The molecule has 1 saturated heterocycles. The molecule has 3 aromatic rings. The van der Waals surface area contributed by atoms with Gasteiger partial charge in [0.15, 0.2) is 0 Å². The van der Waals surface area contributed by atoms with E-state index in [0.29, 0.717) is 59.1 Å². The Kier molecular flexibility index (Phi) is 8.58. The molecule has 0 unspecified atom stereocenters. The molecule has 9 nitrogen and oxygen atoms in total. The van der Waals surface area contributed by atoms with Crippen LogP contribution < -0.4 is 20.9 Å². The normalized spacial score (nSPS) is 13.7. The quantitative estimate of drug-likeness (QED) is 0.381. The van der Waals surface area contributed by atoms with Gasteiger partial charge >= 0.3 is 0 Å². The zero-order chi connectivity index (χ0) is 25.7. The largest absolute Gasteiger partial charge is 0.378 e. The van der Waals surface area contributed by atoms with E-state index in [1.807, 2.05) is 13.0 Å². The van der Waals surface area contributed by atoms with E-state index in [9.17, 15) is 4.79 Å². The second kappa shape index (κ2) is 11.8. The molecule has 0 saturated carbocycles. The van der Waals surface area contributed by atoms with Gasteiger partial charge in [0, 0.05) is 55.4 Å². The topological polar surface area (TPSA) is 104 Å². The Bertz CT molecular complexity index is 1210. The first-order valence-corrected chi connectivity index (χ1v) is 12.5. The number of hydrogen-bond donors (Lipinski definition) is 3. The average molecular weight is 530 g/mol. The SMILES string of the molecule is Cc1cc(Nc2cc(NC(=O)c3c(Cl)cc(CNC(C)C)cc3Cl)ccn2)nc(N2CCOCC2)n1. The molecule has 1 aromatic carbocycles. The van der Waals surface area contributed by atoms with Gasteiger partial charge in [-0.15, -0.1) is 0 Å². The highest BCUT2D eigenvalue weighted by molar-refractivity contribution is 6.40. The zero-order valence-electron chi connectivity index (χ0n) is 20.4. The van der Waals surface area contributed by atoms with Crippen LogP contribution in [0, 0.1) is 6.92 Å². The maximum Gasteiger partial charge on any atom is 0.258 e. The van der Waals surface area contributed by atoms with E-state index in [-0.39, 0.29) is 5.56 Å². The molecule has 4 rings (SSSR count). The molecule has 3 heterocycles. The van der Waals surface area contributed by atoms with Gasteiger partial charge in [0.05, 0.1) is 28.8 Å². The highest BCUT2D eigenvalue weighted by Gasteiger charge is 2.18. The molecule has 0 aliphatic carbocycles. The van der Waals surface area contributed by atoms with Gasteiger partial charge in [-0.25, -0.2) is 9.97 Å². The molecule has 1 aliphatic rings. The minimum Gasteiger partial charge on any atom is -0.378 e. The molecule has 2 aromatic heterocycles. The maximum absolute atomic E-state index is 13.0. The van der Waals surface area contributed by atoms with E-state index in [2.05, 4.69) is 49.6 Å². The lowest BCUT2D eigenvalue weighted by atomic mass is 10.1. The molecule has 3 N–H and O–H groups in total. The van der Waals surface area contributed by atoms with Crippen LogP contribution in [0.2, 0.25) is 10.0 Å². The Morgan fingerprint density at radius 3 is 2.50 bits per heavy atom. The Hall–Kier alpha value is -2.98. The predicted molar refractivity (Wildman–Crippen MR) is 144 cm³/mol. The Morgan fingerprint density at radius 2 is 1.81 bits per heavy atom. The summed E-state index contributed by atoms with van der Waals surface area (Å²) in [5, 5.41) is 9.94. The number of ether oxygens (including phenoxy) is 1. The molecular formula is C25H29Cl2N7O2. The van der Waals surface area contributed by atoms with Crippen molar-refractivity contribution in [3.05, 3.63) is 63.4 Å². The number of pyridine rings is 1. The van der Waals surface area contributed by atoms with Gasteiger partial charge in [0.2, 0.25) is 5.95 Å². The number of nitrogens with one attached hydrogen (secondary N) is 3. The highest BCUT2D eigenvalue weighted by Crippen LogP contribution is 2.28. The van der Waals surface area contributed by atoms with Crippen LogP contribution in [0.4, 0.5) is 23.3 Å². The summed E-state index contributed by atoms with van der Waals surface area (Å²) in [6.45, 7) is 9.40. The fourth-order valence-electron chi connectivity index (χ4n) is 3.69. The van der Waals surface area contributed by atoms with Gasteiger partial charge in [-0.3, -0.25) is 4.79 Å². The number of morpholine rings is 1. The van der Waals surface area contributed by atoms with Crippen molar-refractivity contribution in [3.63, 3.8) is 0 Å². The van der Waals surface area contributed by atoms with Gasteiger partial charge < -0.3 is 25.6 Å². The summed E-state index contributed by atoms with van der Waals surface area (Å²) >= 11 is 12.8. The van der Waals surface area contributed by atoms with Crippen LogP contribution in [0.3, 0.4) is 0 Å². The Labute approximate surface area is 220 Å². The molecule has 1 fully saturated rings. The van der Waals surface area contributed by atoms with Gasteiger partial charge in [-0.2, -0.15) is 4.98 Å². The third kappa shape index (κ3) is 6.82. The number of nitrogens with zero attached hydrogens (tertiary/aromatic N) is 4. The van der Waals surface area contributed by atoms with Crippen molar-refractivity contribution in [3.8, 4) is 0 Å². The van der Waals surface area contributed by atoms with Crippen LogP contribution in [0.25, 0.3) is 0 Å². The summed E-state index contributed by atoms with van der Waals surface area (Å²) in [4.78, 5) is 28.6. The molecular weight excluding hydrogens is 501 g/mol.